The first-order valence-electron chi connectivity index (χ1n) is 6.30. The Morgan fingerprint density at radius 3 is 2.73 bits per heavy atom. The van der Waals surface area contributed by atoms with Gasteiger partial charge in [0.2, 0.25) is 0 Å². The first-order chi connectivity index (χ1) is 10.6. The third kappa shape index (κ3) is 4.01. The van der Waals surface area contributed by atoms with Crippen LogP contribution in [-0.4, -0.2) is 44.6 Å². The summed E-state index contributed by atoms with van der Waals surface area (Å²) in [7, 11) is 1.73. The van der Waals surface area contributed by atoms with E-state index in [9.17, 15) is 9.18 Å². The van der Waals surface area contributed by atoms with E-state index < -0.39 is 6.09 Å². The Labute approximate surface area is 125 Å². The van der Waals surface area contributed by atoms with Gasteiger partial charge in [-0.1, -0.05) is 0 Å². The van der Waals surface area contributed by atoms with Crippen LogP contribution in [0, 0.1) is 0 Å². The molecule has 2 rings (SSSR count). The highest BCUT2D eigenvalue weighted by molar-refractivity contribution is 5.64. The number of hydrogen-bond acceptors (Lipinski definition) is 5. The smallest absolute Gasteiger partial charge is 0.404 e. The van der Waals surface area contributed by atoms with Gasteiger partial charge in [-0.3, -0.25) is 0 Å². The van der Waals surface area contributed by atoms with Crippen molar-refractivity contribution >= 4 is 6.09 Å². The summed E-state index contributed by atoms with van der Waals surface area (Å²) >= 11 is 0. The molecule has 2 N–H and O–H groups in total. The van der Waals surface area contributed by atoms with E-state index in [0.717, 1.165) is 5.56 Å². The van der Waals surface area contributed by atoms with Gasteiger partial charge in [0.1, 0.15) is 12.4 Å². The summed E-state index contributed by atoms with van der Waals surface area (Å²) in [5.74, 6) is 1.13. The molecule has 0 aliphatic rings. The van der Waals surface area contributed by atoms with E-state index in [1.807, 2.05) is 0 Å². The third-order valence-corrected chi connectivity index (χ3v) is 2.78. The quantitative estimate of drug-likeness (QED) is 0.836. The van der Waals surface area contributed by atoms with Crippen LogP contribution in [0.2, 0.25) is 0 Å². The van der Waals surface area contributed by atoms with Crippen molar-refractivity contribution in [3.8, 4) is 17.1 Å². The maximum atomic E-state index is 12.6. The van der Waals surface area contributed by atoms with Crippen molar-refractivity contribution < 1.29 is 19.0 Å². The molecule has 0 aliphatic carbocycles. The zero-order valence-electron chi connectivity index (χ0n) is 11.7. The highest BCUT2D eigenvalue weighted by Gasteiger charge is 2.06. The number of ether oxygens (including phenoxy) is 1. The van der Waals surface area contributed by atoms with Gasteiger partial charge in [0.25, 0.3) is 0 Å². The molecule has 0 unspecified atom stereocenters. The van der Waals surface area contributed by atoms with E-state index in [-0.39, 0.29) is 18.7 Å². The van der Waals surface area contributed by atoms with Crippen molar-refractivity contribution in [1.82, 2.24) is 25.5 Å². The largest absolute Gasteiger partial charge is 0.489 e. The van der Waals surface area contributed by atoms with Crippen LogP contribution in [0.25, 0.3) is 11.4 Å². The van der Waals surface area contributed by atoms with Crippen LogP contribution in [-0.2, 0) is 7.05 Å². The van der Waals surface area contributed by atoms with Crippen molar-refractivity contribution in [3.63, 3.8) is 0 Å². The molecule has 1 amide bonds. The van der Waals surface area contributed by atoms with E-state index in [1.54, 1.807) is 31.3 Å². The van der Waals surface area contributed by atoms with Gasteiger partial charge >= 0.3 is 6.09 Å². The Bertz CT molecular complexity index is 669. The fourth-order valence-corrected chi connectivity index (χ4v) is 1.66. The first-order valence-corrected chi connectivity index (χ1v) is 6.30. The van der Waals surface area contributed by atoms with Crippen molar-refractivity contribution in [1.29, 1.82) is 0 Å². The average molecular weight is 307 g/mol. The van der Waals surface area contributed by atoms with Gasteiger partial charge in [-0.2, -0.15) is 0 Å². The molecule has 0 bridgehead atoms. The minimum Gasteiger partial charge on any atom is -0.489 e. The summed E-state index contributed by atoms with van der Waals surface area (Å²) in [6, 6.07) is 6.94. The molecule has 0 saturated heterocycles. The second-order valence-electron chi connectivity index (χ2n) is 4.37. The number of nitrogens with one attached hydrogen (secondary N) is 1. The Kier molecular flexibility index (Phi) is 5.02. The summed E-state index contributed by atoms with van der Waals surface area (Å²) in [6.45, 7) is -0.184. The van der Waals surface area contributed by atoms with Crippen LogP contribution >= 0.6 is 0 Å². The monoisotopic (exact) mass is 307 g/mol. The van der Waals surface area contributed by atoms with Crippen LogP contribution in [0.15, 0.2) is 36.2 Å². The molecule has 0 aliphatic heterocycles. The predicted molar refractivity (Wildman–Crippen MR) is 74.9 cm³/mol. The van der Waals surface area contributed by atoms with Crippen molar-refractivity contribution in [3.05, 3.63) is 36.2 Å². The number of carboxylic acid groups (broad SMARTS) is 1. The molecule has 1 aromatic heterocycles. The molecule has 116 valence electrons. The van der Waals surface area contributed by atoms with Crippen molar-refractivity contribution in [2.24, 2.45) is 7.05 Å². The number of aromatic nitrogens is 4. The molecule has 0 saturated carbocycles. The molecule has 1 aromatic carbocycles. The Balaban J connectivity index is 1.94. The van der Waals surface area contributed by atoms with Crippen LogP contribution in [0.5, 0.6) is 5.75 Å². The molecular weight excluding hydrogens is 293 g/mol. The van der Waals surface area contributed by atoms with Gasteiger partial charge in [-0.15, -0.1) is 5.10 Å². The zero-order chi connectivity index (χ0) is 15.9. The normalized spacial score (nSPS) is 11.3. The van der Waals surface area contributed by atoms with E-state index in [4.69, 9.17) is 9.84 Å². The fourth-order valence-electron chi connectivity index (χ4n) is 1.66. The lowest BCUT2D eigenvalue weighted by molar-refractivity contribution is 0.195. The lowest BCUT2D eigenvalue weighted by atomic mass is 10.2. The molecule has 22 heavy (non-hydrogen) atoms. The minimum absolute atomic E-state index is 0.0539. The van der Waals surface area contributed by atoms with Crippen LogP contribution < -0.4 is 10.1 Å². The summed E-state index contributed by atoms with van der Waals surface area (Å²) in [5.41, 5.74) is 0.998. The highest BCUT2D eigenvalue weighted by Crippen LogP contribution is 2.19. The molecular formula is C13H14FN5O3. The zero-order valence-corrected chi connectivity index (χ0v) is 11.7. The Hall–Kier alpha value is -2.97. The van der Waals surface area contributed by atoms with Gasteiger partial charge in [-0.25, -0.2) is 13.9 Å². The van der Waals surface area contributed by atoms with E-state index >= 15 is 0 Å². The summed E-state index contributed by atoms with van der Waals surface area (Å²) in [4.78, 5) is 10.4. The number of amides is 1. The molecule has 8 nitrogen and oxygen atoms in total. The lowest BCUT2D eigenvalue weighted by Gasteiger charge is -2.09. The number of hydrogen-bond donors (Lipinski definition) is 2. The summed E-state index contributed by atoms with van der Waals surface area (Å²) in [5, 5.41) is 21.7. The number of nitrogens with zero attached hydrogens (tertiary/aromatic N) is 4. The average Bonchev–Trinajstić information content (AvgIpc) is 2.94. The standard InChI is InChI=1S/C13H14FN5O3/c1-19-12(16-17-18-19)10-2-4-11(5-3-10)22-8-9(6-14)7-15-13(20)21/h2-6,15H,7-8H2,1H3,(H,20,21)/b9-6-. The van der Waals surface area contributed by atoms with Crippen molar-refractivity contribution in [2.45, 2.75) is 0 Å². The minimum atomic E-state index is -1.22. The molecule has 0 atom stereocenters. The van der Waals surface area contributed by atoms with Gasteiger partial charge in [0, 0.05) is 24.7 Å². The number of halogens is 1. The van der Waals surface area contributed by atoms with Gasteiger partial charge in [-0.05, 0) is 34.7 Å². The number of rotatable bonds is 6. The van der Waals surface area contributed by atoms with E-state index in [2.05, 4.69) is 20.8 Å². The Morgan fingerprint density at radius 2 is 2.18 bits per heavy atom. The van der Waals surface area contributed by atoms with Crippen molar-refractivity contribution in [2.75, 3.05) is 13.2 Å². The predicted octanol–water partition coefficient (Wildman–Crippen LogP) is 1.38. The van der Waals surface area contributed by atoms with E-state index in [0.29, 0.717) is 17.9 Å². The SMILES string of the molecule is Cn1nnnc1-c1ccc(OC/C(=C\F)CNC(=O)O)cc1. The first kappa shape index (κ1) is 15.4. The molecule has 9 heteroatoms. The summed E-state index contributed by atoms with van der Waals surface area (Å²) in [6.07, 6.45) is -0.892. The number of tetrazole rings is 1. The van der Waals surface area contributed by atoms with Crippen LogP contribution in [0.4, 0.5) is 9.18 Å². The van der Waals surface area contributed by atoms with Gasteiger partial charge < -0.3 is 15.2 Å². The number of carbonyl (C=O) groups is 1. The second-order valence-corrected chi connectivity index (χ2v) is 4.37. The lowest BCUT2D eigenvalue weighted by Crippen LogP contribution is -2.25. The molecule has 0 fully saturated rings. The molecule has 1 heterocycles. The van der Waals surface area contributed by atoms with Gasteiger partial charge in [0.05, 0.1) is 6.33 Å². The number of aryl methyl sites for hydroxylation is 1. The third-order valence-electron chi connectivity index (χ3n) is 2.78. The maximum Gasteiger partial charge on any atom is 0.404 e. The molecule has 2 aromatic rings. The summed E-state index contributed by atoms with van der Waals surface area (Å²) < 4.78 is 19.5. The highest BCUT2D eigenvalue weighted by atomic mass is 19.1. The Morgan fingerprint density at radius 1 is 1.45 bits per heavy atom. The van der Waals surface area contributed by atoms with Crippen LogP contribution in [0.1, 0.15) is 0 Å². The fraction of sp³-hybridized carbons (Fsp3) is 0.231. The van der Waals surface area contributed by atoms with E-state index in [1.165, 1.54) is 4.68 Å². The van der Waals surface area contributed by atoms with Crippen LogP contribution in [0.3, 0.4) is 0 Å². The van der Waals surface area contributed by atoms with Gasteiger partial charge in [0.15, 0.2) is 5.82 Å². The second kappa shape index (κ2) is 7.16. The number of benzene rings is 1. The topological polar surface area (TPSA) is 102 Å². The molecule has 0 radical (unpaired) electrons. The maximum absolute atomic E-state index is 12.6. The molecule has 0 spiro atoms.